The highest BCUT2D eigenvalue weighted by Crippen LogP contribution is 2.31. The standard InChI is InChI=1S/C26H29FN4O/c1-17-14-20(18-9-11-21(27)12-10-18)15-24(28-17)19-6-5-13-31(16-19)26(32)25-22-7-3-2-4-8-23(22)29-30-25/h9-12,14-15,19H,2-8,13,16H2,1H3,(H,29,30)/t19-/m1/s1. The van der Waals surface area contributed by atoms with Crippen LogP contribution in [0.25, 0.3) is 11.1 Å². The first-order valence-electron chi connectivity index (χ1n) is 11.7. The van der Waals surface area contributed by atoms with Crippen LogP contribution in [0.3, 0.4) is 0 Å². The molecule has 1 aromatic carbocycles. The monoisotopic (exact) mass is 432 g/mol. The highest BCUT2D eigenvalue weighted by atomic mass is 19.1. The molecule has 0 bridgehead atoms. The summed E-state index contributed by atoms with van der Waals surface area (Å²) in [4.78, 5) is 20.2. The van der Waals surface area contributed by atoms with Crippen molar-refractivity contribution in [2.24, 2.45) is 0 Å². The minimum Gasteiger partial charge on any atom is -0.337 e. The molecular weight excluding hydrogens is 403 g/mol. The van der Waals surface area contributed by atoms with Crippen LogP contribution in [0.4, 0.5) is 4.39 Å². The van der Waals surface area contributed by atoms with Crippen molar-refractivity contribution in [3.63, 3.8) is 0 Å². The number of rotatable bonds is 3. The van der Waals surface area contributed by atoms with Crippen LogP contribution in [0, 0.1) is 12.7 Å². The molecule has 0 saturated carbocycles. The van der Waals surface area contributed by atoms with Gasteiger partial charge in [-0.2, -0.15) is 5.10 Å². The van der Waals surface area contributed by atoms with E-state index in [0.29, 0.717) is 12.2 Å². The number of hydrogen-bond donors (Lipinski definition) is 1. The maximum absolute atomic E-state index is 13.4. The number of carbonyl (C=O) groups is 1. The molecule has 1 aliphatic heterocycles. The van der Waals surface area contributed by atoms with Gasteiger partial charge in [-0.3, -0.25) is 14.9 Å². The number of aromatic amines is 1. The Labute approximate surface area is 188 Å². The predicted octanol–water partition coefficient (Wildman–Crippen LogP) is 5.21. The van der Waals surface area contributed by atoms with E-state index in [9.17, 15) is 9.18 Å². The highest BCUT2D eigenvalue weighted by molar-refractivity contribution is 5.94. The van der Waals surface area contributed by atoms with Crippen LogP contribution < -0.4 is 0 Å². The lowest BCUT2D eigenvalue weighted by Crippen LogP contribution is -2.40. The molecule has 1 aliphatic carbocycles. The van der Waals surface area contributed by atoms with E-state index < -0.39 is 0 Å². The smallest absolute Gasteiger partial charge is 0.274 e. The molecule has 0 unspecified atom stereocenters. The maximum Gasteiger partial charge on any atom is 0.274 e. The Hall–Kier alpha value is -3.02. The number of aromatic nitrogens is 3. The third-order valence-electron chi connectivity index (χ3n) is 6.79. The minimum atomic E-state index is -0.238. The van der Waals surface area contributed by atoms with E-state index in [1.54, 1.807) is 12.1 Å². The Morgan fingerprint density at radius 2 is 1.88 bits per heavy atom. The zero-order chi connectivity index (χ0) is 22.1. The number of halogens is 1. The van der Waals surface area contributed by atoms with Gasteiger partial charge in [0.05, 0.1) is 0 Å². The van der Waals surface area contributed by atoms with Crippen molar-refractivity contribution >= 4 is 5.91 Å². The number of piperidine rings is 1. The number of fused-ring (bicyclic) bond motifs is 1. The van der Waals surface area contributed by atoms with E-state index in [1.807, 2.05) is 17.9 Å². The predicted molar refractivity (Wildman–Crippen MR) is 122 cm³/mol. The quantitative estimate of drug-likeness (QED) is 0.578. The third-order valence-corrected chi connectivity index (χ3v) is 6.79. The minimum absolute atomic E-state index is 0.0421. The van der Waals surface area contributed by atoms with Crippen LogP contribution in [0.2, 0.25) is 0 Å². The second-order valence-corrected chi connectivity index (χ2v) is 9.11. The molecule has 2 aromatic heterocycles. The first kappa shape index (κ1) is 20.9. The van der Waals surface area contributed by atoms with Crippen LogP contribution >= 0.6 is 0 Å². The Morgan fingerprint density at radius 1 is 1.06 bits per heavy atom. The summed E-state index contributed by atoms with van der Waals surface area (Å²) in [6.45, 7) is 3.40. The average Bonchev–Trinajstić information content (AvgIpc) is 3.06. The second-order valence-electron chi connectivity index (χ2n) is 9.11. The van der Waals surface area contributed by atoms with Gasteiger partial charge in [-0.05, 0) is 80.8 Å². The van der Waals surface area contributed by atoms with Crippen molar-refractivity contribution in [2.75, 3.05) is 13.1 Å². The van der Waals surface area contributed by atoms with Crippen LogP contribution in [-0.4, -0.2) is 39.1 Å². The second kappa shape index (κ2) is 8.85. The molecule has 3 aromatic rings. The van der Waals surface area contributed by atoms with Crippen molar-refractivity contribution < 1.29 is 9.18 Å². The van der Waals surface area contributed by atoms with Gasteiger partial charge in [-0.15, -0.1) is 0 Å². The molecule has 32 heavy (non-hydrogen) atoms. The summed E-state index contributed by atoms with van der Waals surface area (Å²) in [5, 5.41) is 7.55. The molecule has 6 heteroatoms. The fourth-order valence-corrected chi connectivity index (χ4v) is 5.10. The number of amides is 1. The Kier molecular flexibility index (Phi) is 5.77. The lowest BCUT2D eigenvalue weighted by Gasteiger charge is -2.32. The Morgan fingerprint density at radius 3 is 2.72 bits per heavy atom. The molecule has 3 heterocycles. The molecular formula is C26H29FN4O. The lowest BCUT2D eigenvalue weighted by molar-refractivity contribution is 0.0698. The number of hydrogen-bond acceptors (Lipinski definition) is 3. The molecule has 1 saturated heterocycles. The molecule has 1 amide bonds. The van der Waals surface area contributed by atoms with Gasteiger partial charge in [0.2, 0.25) is 0 Å². The number of likely N-dealkylation sites (tertiary alicyclic amines) is 1. The summed E-state index contributed by atoms with van der Waals surface area (Å²) in [5.41, 5.74) is 6.83. The zero-order valence-corrected chi connectivity index (χ0v) is 18.5. The number of pyridine rings is 1. The molecule has 0 spiro atoms. The van der Waals surface area contributed by atoms with Gasteiger partial charge < -0.3 is 4.90 Å². The van der Waals surface area contributed by atoms with E-state index in [2.05, 4.69) is 16.3 Å². The van der Waals surface area contributed by atoms with Crippen molar-refractivity contribution in [2.45, 2.75) is 57.8 Å². The van der Waals surface area contributed by atoms with Gasteiger partial charge in [0.1, 0.15) is 5.82 Å². The van der Waals surface area contributed by atoms with Gasteiger partial charge in [0.25, 0.3) is 5.91 Å². The summed E-state index contributed by atoms with van der Waals surface area (Å²) in [6.07, 6.45) is 7.35. The Balaban J connectivity index is 1.38. The van der Waals surface area contributed by atoms with Gasteiger partial charge in [-0.25, -0.2) is 4.39 Å². The van der Waals surface area contributed by atoms with Crippen LogP contribution in [0.15, 0.2) is 36.4 Å². The summed E-state index contributed by atoms with van der Waals surface area (Å²) < 4.78 is 13.4. The largest absolute Gasteiger partial charge is 0.337 e. The number of aryl methyl sites for hydroxylation is 2. The molecule has 1 atom stereocenters. The fourth-order valence-electron chi connectivity index (χ4n) is 5.10. The van der Waals surface area contributed by atoms with Crippen molar-refractivity contribution in [3.05, 3.63) is 70.6 Å². The first-order valence-corrected chi connectivity index (χ1v) is 11.7. The number of nitrogens with zero attached hydrogens (tertiary/aromatic N) is 3. The molecule has 166 valence electrons. The topological polar surface area (TPSA) is 61.9 Å². The van der Waals surface area contributed by atoms with Crippen LogP contribution in [-0.2, 0) is 12.8 Å². The van der Waals surface area contributed by atoms with Crippen molar-refractivity contribution in [3.8, 4) is 11.1 Å². The molecule has 5 nitrogen and oxygen atoms in total. The van der Waals surface area contributed by atoms with Gasteiger partial charge in [0.15, 0.2) is 5.69 Å². The first-order chi connectivity index (χ1) is 15.6. The van der Waals surface area contributed by atoms with Gasteiger partial charge in [0, 0.05) is 41.7 Å². The van der Waals surface area contributed by atoms with E-state index in [4.69, 9.17) is 4.98 Å². The lowest BCUT2D eigenvalue weighted by atomic mass is 9.92. The maximum atomic E-state index is 13.4. The molecule has 1 N–H and O–H groups in total. The Bertz CT molecular complexity index is 1120. The molecule has 0 radical (unpaired) electrons. The molecule has 5 rings (SSSR count). The zero-order valence-electron chi connectivity index (χ0n) is 18.5. The van der Waals surface area contributed by atoms with Crippen LogP contribution in [0.1, 0.15) is 71.2 Å². The third kappa shape index (κ3) is 4.18. The number of benzene rings is 1. The highest BCUT2D eigenvalue weighted by Gasteiger charge is 2.30. The van der Waals surface area contributed by atoms with Gasteiger partial charge in [-0.1, -0.05) is 18.6 Å². The fraction of sp³-hybridized carbons (Fsp3) is 0.423. The van der Waals surface area contributed by atoms with Crippen molar-refractivity contribution in [1.29, 1.82) is 0 Å². The molecule has 2 aliphatic rings. The summed E-state index contributed by atoms with van der Waals surface area (Å²) in [6, 6.07) is 10.7. The van der Waals surface area contributed by atoms with E-state index in [1.165, 1.54) is 18.6 Å². The SMILES string of the molecule is Cc1cc(-c2ccc(F)cc2)cc([C@@H]2CCCN(C(=O)c3n[nH]c4c3CCCCC4)C2)n1. The van der Waals surface area contributed by atoms with Crippen molar-refractivity contribution in [1.82, 2.24) is 20.1 Å². The number of H-pyrrole nitrogens is 1. The van der Waals surface area contributed by atoms with E-state index in [-0.39, 0.29) is 17.6 Å². The summed E-state index contributed by atoms with van der Waals surface area (Å²) >= 11 is 0. The van der Waals surface area contributed by atoms with Crippen LogP contribution in [0.5, 0.6) is 0 Å². The summed E-state index contributed by atoms with van der Waals surface area (Å²) in [7, 11) is 0. The average molecular weight is 433 g/mol. The summed E-state index contributed by atoms with van der Waals surface area (Å²) in [5.74, 6) is -0.0118. The molecule has 1 fully saturated rings. The number of carbonyl (C=O) groups excluding carboxylic acids is 1. The van der Waals surface area contributed by atoms with E-state index in [0.717, 1.165) is 78.8 Å². The van der Waals surface area contributed by atoms with Gasteiger partial charge >= 0.3 is 0 Å². The number of nitrogens with one attached hydrogen (secondary N) is 1. The van der Waals surface area contributed by atoms with E-state index >= 15 is 0 Å². The normalized spacial score (nSPS) is 18.8.